The van der Waals surface area contributed by atoms with Crippen molar-refractivity contribution in [1.29, 1.82) is 0 Å². The topological polar surface area (TPSA) is 20.2 Å². The summed E-state index contributed by atoms with van der Waals surface area (Å²) in [5.41, 5.74) is 0. The van der Waals surface area contributed by atoms with Crippen molar-refractivity contribution in [3.05, 3.63) is 0 Å². The van der Waals surface area contributed by atoms with Crippen molar-refractivity contribution in [3.8, 4) is 0 Å². The van der Waals surface area contributed by atoms with Crippen molar-refractivity contribution >= 4 is 21.6 Å². The molecule has 1 nitrogen and oxygen atoms in total. The van der Waals surface area contributed by atoms with Gasteiger partial charge in [0.1, 0.15) is 0 Å². The molecule has 0 bridgehead atoms. The van der Waals surface area contributed by atoms with E-state index < -0.39 is 0 Å². The molecule has 0 aliphatic rings. The first-order valence-corrected chi connectivity index (χ1v) is 8.69. The van der Waals surface area contributed by atoms with Gasteiger partial charge in [0.05, 0.1) is 6.61 Å². The average Bonchev–Trinajstić information content (AvgIpc) is 2.25. The predicted molar refractivity (Wildman–Crippen MR) is 74.5 cm³/mol. The van der Waals surface area contributed by atoms with Gasteiger partial charge in [0.2, 0.25) is 0 Å². The standard InChI is InChI=1S/C12H26OS2/c1-3-5-7-12(6-4-2)8-10-14-15-11-9-13/h12-13H,3-11H2,1-2H3. The van der Waals surface area contributed by atoms with Crippen LogP contribution < -0.4 is 0 Å². The third kappa shape index (κ3) is 10.9. The third-order valence-corrected chi connectivity index (χ3v) is 4.95. The van der Waals surface area contributed by atoms with Gasteiger partial charge in [-0.15, -0.1) is 0 Å². The van der Waals surface area contributed by atoms with Crippen LogP contribution in [-0.2, 0) is 0 Å². The first-order valence-electron chi connectivity index (χ1n) is 6.20. The molecular weight excluding hydrogens is 224 g/mol. The molecule has 92 valence electrons. The lowest BCUT2D eigenvalue weighted by molar-refractivity contribution is 0.323. The van der Waals surface area contributed by atoms with Crippen LogP contribution in [0.4, 0.5) is 0 Å². The van der Waals surface area contributed by atoms with E-state index in [9.17, 15) is 0 Å². The second-order valence-electron chi connectivity index (χ2n) is 3.95. The van der Waals surface area contributed by atoms with Crippen LogP contribution in [0.25, 0.3) is 0 Å². The second kappa shape index (κ2) is 12.7. The molecule has 0 amide bonds. The molecule has 0 spiro atoms. The van der Waals surface area contributed by atoms with Gasteiger partial charge in [-0.05, 0) is 12.3 Å². The monoisotopic (exact) mass is 250 g/mol. The van der Waals surface area contributed by atoms with Crippen LogP contribution in [0.1, 0.15) is 52.4 Å². The highest BCUT2D eigenvalue weighted by Crippen LogP contribution is 2.26. The number of aliphatic hydroxyl groups excluding tert-OH is 1. The highest BCUT2D eigenvalue weighted by atomic mass is 33.1. The minimum Gasteiger partial charge on any atom is -0.395 e. The van der Waals surface area contributed by atoms with Gasteiger partial charge in [-0.25, -0.2) is 0 Å². The third-order valence-electron chi connectivity index (χ3n) is 2.53. The van der Waals surface area contributed by atoms with Gasteiger partial charge in [-0.1, -0.05) is 67.5 Å². The Morgan fingerprint density at radius 3 is 2.27 bits per heavy atom. The van der Waals surface area contributed by atoms with Gasteiger partial charge in [0.25, 0.3) is 0 Å². The summed E-state index contributed by atoms with van der Waals surface area (Å²) in [4.78, 5) is 0. The molecule has 1 unspecified atom stereocenters. The van der Waals surface area contributed by atoms with E-state index in [1.165, 1.54) is 44.3 Å². The number of rotatable bonds is 11. The summed E-state index contributed by atoms with van der Waals surface area (Å²) in [6.45, 7) is 4.87. The summed E-state index contributed by atoms with van der Waals surface area (Å²) in [5.74, 6) is 3.06. The zero-order valence-corrected chi connectivity index (χ0v) is 11.8. The maximum Gasteiger partial charge on any atom is 0.0530 e. The largest absolute Gasteiger partial charge is 0.395 e. The fraction of sp³-hybridized carbons (Fsp3) is 1.00. The maximum atomic E-state index is 8.64. The Hall–Kier alpha value is 0.660. The van der Waals surface area contributed by atoms with Crippen molar-refractivity contribution in [3.63, 3.8) is 0 Å². The van der Waals surface area contributed by atoms with Crippen molar-refractivity contribution in [1.82, 2.24) is 0 Å². The molecule has 0 aliphatic heterocycles. The van der Waals surface area contributed by atoms with E-state index in [1.807, 2.05) is 10.8 Å². The fourth-order valence-electron chi connectivity index (χ4n) is 1.70. The molecule has 0 heterocycles. The normalized spacial score (nSPS) is 13.0. The van der Waals surface area contributed by atoms with E-state index in [2.05, 4.69) is 13.8 Å². The highest BCUT2D eigenvalue weighted by Gasteiger charge is 2.06. The lowest BCUT2D eigenvalue weighted by Crippen LogP contribution is -2.01. The van der Waals surface area contributed by atoms with Gasteiger partial charge in [0, 0.05) is 11.5 Å². The van der Waals surface area contributed by atoms with Gasteiger partial charge in [-0.3, -0.25) is 0 Å². The Morgan fingerprint density at radius 2 is 1.67 bits per heavy atom. The van der Waals surface area contributed by atoms with Crippen LogP contribution in [0.5, 0.6) is 0 Å². The van der Waals surface area contributed by atoms with Crippen molar-refractivity contribution in [2.45, 2.75) is 52.4 Å². The lowest BCUT2D eigenvalue weighted by Gasteiger charge is -2.14. The first kappa shape index (κ1) is 15.7. The Balaban J connectivity index is 3.38. The Morgan fingerprint density at radius 1 is 0.933 bits per heavy atom. The van der Waals surface area contributed by atoms with Crippen molar-refractivity contribution < 1.29 is 5.11 Å². The molecule has 0 aromatic carbocycles. The quantitative estimate of drug-likeness (QED) is 0.435. The lowest BCUT2D eigenvalue weighted by atomic mass is 9.95. The van der Waals surface area contributed by atoms with Crippen LogP contribution in [-0.4, -0.2) is 23.2 Å². The minimum atomic E-state index is 0.311. The van der Waals surface area contributed by atoms with Gasteiger partial charge in [-0.2, -0.15) is 0 Å². The highest BCUT2D eigenvalue weighted by molar-refractivity contribution is 8.76. The molecule has 3 heteroatoms. The molecule has 1 N–H and O–H groups in total. The van der Waals surface area contributed by atoms with Crippen LogP contribution in [0.3, 0.4) is 0 Å². The van der Waals surface area contributed by atoms with Crippen molar-refractivity contribution in [2.24, 2.45) is 5.92 Å². The predicted octanol–water partition coefficient (Wildman–Crippen LogP) is 4.36. The van der Waals surface area contributed by atoms with E-state index in [-0.39, 0.29) is 0 Å². The van der Waals surface area contributed by atoms with E-state index >= 15 is 0 Å². The number of unbranched alkanes of at least 4 members (excludes halogenated alkanes) is 1. The molecule has 0 fully saturated rings. The molecule has 0 saturated carbocycles. The van der Waals surface area contributed by atoms with Crippen LogP contribution in [0, 0.1) is 5.92 Å². The molecule has 1 atom stereocenters. The second-order valence-corrected chi connectivity index (χ2v) is 6.66. The molecule has 15 heavy (non-hydrogen) atoms. The molecule has 0 aliphatic carbocycles. The Kier molecular flexibility index (Phi) is 13.3. The average molecular weight is 250 g/mol. The molecule has 0 aromatic heterocycles. The summed E-state index contributed by atoms with van der Waals surface area (Å²) >= 11 is 0. The van der Waals surface area contributed by atoms with E-state index in [1.54, 1.807) is 10.8 Å². The van der Waals surface area contributed by atoms with E-state index in [0.717, 1.165) is 11.7 Å². The zero-order valence-electron chi connectivity index (χ0n) is 10.2. The van der Waals surface area contributed by atoms with Gasteiger partial charge in [0.15, 0.2) is 0 Å². The van der Waals surface area contributed by atoms with Crippen LogP contribution in [0.15, 0.2) is 0 Å². The fourth-order valence-corrected chi connectivity index (χ4v) is 3.66. The van der Waals surface area contributed by atoms with E-state index in [0.29, 0.717) is 6.61 Å². The van der Waals surface area contributed by atoms with Crippen molar-refractivity contribution in [2.75, 3.05) is 18.1 Å². The maximum absolute atomic E-state index is 8.64. The van der Waals surface area contributed by atoms with Gasteiger partial charge >= 0.3 is 0 Å². The van der Waals surface area contributed by atoms with E-state index in [4.69, 9.17) is 5.11 Å². The zero-order chi connectivity index (χ0) is 11.4. The molecular formula is C12H26OS2. The summed E-state index contributed by atoms with van der Waals surface area (Å²) in [6.07, 6.45) is 8.20. The number of aliphatic hydroxyl groups is 1. The summed E-state index contributed by atoms with van der Waals surface area (Å²) in [7, 11) is 3.73. The Labute approximate surface area is 103 Å². The number of hydrogen-bond donors (Lipinski definition) is 1. The smallest absolute Gasteiger partial charge is 0.0530 e. The van der Waals surface area contributed by atoms with Crippen LogP contribution in [0.2, 0.25) is 0 Å². The molecule has 0 rings (SSSR count). The molecule has 0 saturated heterocycles. The summed E-state index contributed by atoms with van der Waals surface area (Å²) < 4.78 is 0. The molecule has 0 aromatic rings. The first-order chi connectivity index (χ1) is 7.35. The molecule has 0 radical (unpaired) electrons. The Bertz CT molecular complexity index is 120. The summed E-state index contributed by atoms with van der Waals surface area (Å²) in [6, 6.07) is 0. The van der Waals surface area contributed by atoms with Gasteiger partial charge < -0.3 is 5.11 Å². The minimum absolute atomic E-state index is 0.311. The number of hydrogen-bond acceptors (Lipinski definition) is 3. The van der Waals surface area contributed by atoms with Crippen LogP contribution >= 0.6 is 21.6 Å². The summed E-state index contributed by atoms with van der Waals surface area (Å²) in [5, 5.41) is 8.64. The SMILES string of the molecule is CCCCC(CCC)CCSSCCO.